The van der Waals surface area contributed by atoms with E-state index in [2.05, 4.69) is 25.6 Å². The molecular weight excluding hydrogens is 466 g/mol. The van der Waals surface area contributed by atoms with Gasteiger partial charge in [-0.05, 0) is 65.8 Å². The van der Waals surface area contributed by atoms with Gasteiger partial charge in [0.2, 0.25) is 10.0 Å². The average molecular weight is 487 g/mol. The first-order valence-corrected chi connectivity index (χ1v) is 11.4. The summed E-state index contributed by atoms with van der Waals surface area (Å²) >= 11 is 9.49. The van der Waals surface area contributed by atoms with E-state index in [1.54, 1.807) is 11.0 Å². The number of aryl methyl sites for hydroxylation is 1. The second-order valence-electron chi connectivity index (χ2n) is 6.56. The third-order valence-electron chi connectivity index (χ3n) is 4.83. The minimum absolute atomic E-state index is 0.0646. The number of sulfonamides is 1. The third-order valence-corrected chi connectivity index (χ3v) is 7.16. The summed E-state index contributed by atoms with van der Waals surface area (Å²) in [4.78, 5) is 17.0. The number of anilines is 1. The first-order chi connectivity index (χ1) is 13.2. The summed E-state index contributed by atoms with van der Waals surface area (Å²) in [6.07, 6.45) is 0. The Bertz CT molecular complexity index is 1010. The van der Waals surface area contributed by atoms with Crippen LogP contribution in [0.15, 0.2) is 45.8 Å². The van der Waals surface area contributed by atoms with Crippen LogP contribution in [0.4, 0.5) is 5.69 Å². The average Bonchev–Trinajstić information content (AvgIpc) is 2.69. The number of carbonyl (C=O) groups excluding carboxylic acids is 1. The smallest absolute Gasteiger partial charge is 0.255 e. The Hall–Kier alpha value is -1.61. The summed E-state index contributed by atoms with van der Waals surface area (Å²) < 4.78 is 26.9. The Labute approximate surface area is 178 Å². The second-order valence-corrected chi connectivity index (χ2v) is 9.74. The van der Waals surface area contributed by atoms with E-state index in [0.29, 0.717) is 41.2 Å². The number of nitrogens with zero attached hydrogens (tertiary/aromatic N) is 2. The number of hydrogen-bond acceptors (Lipinski definition) is 4. The van der Waals surface area contributed by atoms with Crippen molar-refractivity contribution in [1.29, 1.82) is 0 Å². The van der Waals surface area contributed by atoms with Crippen molar-refractivity contribution in [1.82, 2.24) is 9.62 Å². The van der Waals surface area contributed by atoms with Gasteiger partial charge in [0.25, 0.3) is 5.91 Å². The minimum Gasteiger partial charge on any atom is -0.368 e. The zero-order chi connectivity index (χ0) is 20.5. The van der Waals surface area contributed by atoms with Gasteiger partial charge in [0, 0.05) is 41.4 Å². The Kier molecular flexibility index (Phi) is 6.34. The van der Waals surface area contributed by atoms with Crippen LogP contribution < -0.4 is 9.62 Å². The summed E-state index contributed by atoms with van der Waals surface area (Å²) in [6, 6.07) is 10.3. The molecule has 0 bridgehead atoms. The van der Waals surface area contributed by atoms with E-state index < -0.39 is 10.0 Å². The van der Waals surface area contributed by atoms with Crippen LogP contribution in [0.3, 0.4) is 0 Å². The van der Waals surface area contributed by atoms with Gasteiger partial charge in [-0.3, -0.25) is 4.79 Å². The maximum absolute atomic E-state index is 13.0. The molecule has 0 aromatic heterocycles. The van der Waals surface area contributed by atoms with Crippen LogP contribution >= 0.6 is 27.5 Å². The molecule has 1 aliphatic heterocycles. The number of piperazine rings is 1. The monoisotopic (exact) mass is 485 g/mol. The SMILES string of the molecule is CNS(=O)(=O)c1ccc(Br)c(C(=O)N2CCN(c3cc(Cl)ccc3C)CC2)c1. The molecule has 1 fully saturated rings. The van der Waals surface area contributed by atoms with E-state index in [9.17, 15) is 13.2 Å². The van der Waals surface area contributed by atoms with Crippen molar-refractivity contribution in [2.75, 3.05) is 38.1 Å². The van der Waals surface area contributed by atoms with Gasteiger partial charge in [-0.15, -0.1) is 0 Å². The number of carbonyl (C=O) groups is 1. The molecule has 6 nitrogen and oxygen atoms in total. The summed E-state index contributed by atoms with van der Waals surface area (Å²) in [5.74, 6) is -0.192. The Balaban J connectivity index is 1.77. The molecule has 0 radical (unpaired) electrons. The van der Waals surface area contributed by atoms with Crippen molar-refractivity contribution >= 4 is 49.1 Å². The molecular formula is C19H21BrClN3O3S. The Morgan fingerprint density at radius 3 is 2.43 bits per heavy atom. The molecule has 3 rings (SSSR count). The van der Waals surface area contributed by atoms with Gasteiger partial charge in [0.05, 0.1) is 10.5 Å². The predicted molar refractivity (Wildman–Crippen MR) is 115 cm³/mol. The fraction of sp³-hybridized carbons (Fsp3) is 0.316. The summed E-state index contributed by atoms with van der Waals surface area (Å²) in [5.41, 5.74) is 2.54. The largest absolute Gasteiger partial charge is 0.368 e. The molecule has 1 N–H and O–H groups in total. The van der Waals surface area contributed by atoms with Crippen molar-refractivity contribution in [2.24, 2.45) is 0 Å². The lowest BCUT2D eigenvalue weighted by Gasteiger charge is -2.37. The summed E-state index contributed by atoms with van der Waals surface area (Å²) in [6.45, 7) is 4.48. The zero-order valence-corrected chi connectivity index (χ0v) is 18.7. The first kappa shape index (κ1) is 21.1. The number of amides is 1. The predicted octanol–water partition coefficient (Wildman–Crippen LogP) is 3.28. The van der Waals surface area contributed by atoms with Gasteiger partial charge in [-0.25, -0.2) is 13.1 Å². The highest BCUT2D eigenvalue weighted by Gasteiger charge is 2.25. The first-order valence-electron chi connectivity index (χ1n) is 8.76. The number of halogens is 2. The van der Waals surface area contributed by atoms with E-state index in [0.717, 1.165) is 11.3 Å². The topological polar surface area (TPSA) is 69.7 Å². The molecule has 2 aromatic rings. The zero-order valence-electron chi connectivity index (χ0n) is 15.6. The lowest BCUT2D eigenvalue weighted by molar-refractivity contribution is 0.0745. The molecule has 150 valence electrons. The van der Waals surface area contributed by atoms with Gasteiger partial charge in [-0.1, -0.05) is 17.7 Å². The minimum atomic E-state index is -3.62. The highest BCUT2D eigenvalue weighted by molar-refractivity contribution is 9.10. The number of rotatable bonds is 4. The normalized spacial score (nSPS) is 15.0. The number of nitrogens with one attached hydrogen (secondary N) is 1. The van der Waals surface area contributed by atoms with Gasteiger partial charge in [-0.2, -0.15) is 0 Å². The van der Waals surface area contributed by atoms with Gasteiger partial charge >= 0.3 is 0 Å². The Morgan fingerprint density at radius 1 is 1.11 bits per heavy atom. The molecule has 0 aliphatic carbocycles. The molecule has 1 amide bonds. The molecule has 1 aliphatic rings. The van der Waals surface area contributed by atoms with Crippen molar-refractivity contribution in [3.8, 4) is 0 Å². The van der Waals surface area contributed by atoms with E-state index >= 15 is 0 Å². The lowest BCUT2D eigenvalue weighted by Crippen LogP contribution is -2.49. The van der Waals surface area contributed by atoms with Gasteiger partial charge in [0.1, 0.15) is 0 Å². The van der Waals surface area contributed by atoms with Crippen LogP contribution in [0.1, 0.15) is 15.9 Å². The van der Waals surface area contributed by atoms with Crippen molar-refractivity contribution in [2.45, 2.75) is 11.8 Å². The second kappa shape index (κ2) is 8.41. The van der Waals surface area contributed by atoms with Crippen LogP contribution in [-0.4, -0.2) is 52.5 Å². The number of benzene rings is 2. The van der Waals surface area contributed by atoms with Gasteiger partial charge in [0.15, 0.2) is 0 Å². The molecule has 9 heteroatoms. The maximum Gasteiger partial charge on any atom is 0.255 e. The fourth-order valence-corrected chi connectivity index (χ4v) is 4.54. The lowest BCUT2D eigenvalue weighted by atomic mass is 10.1. The van der Waals surface area contributed by atoms with Crippen LogP contribution in [0.2, 0.25) is 5.02 Å². The van der Waals surface area contributed by atoms with E-state index in [4.69, 9.17) is 11.6 Å². The molecule has 0 spiro atoms. The highest BCUT2D eigenvalue weighted by atomic mass is 79.9. The van der Waals surface area contributed by atoms with Crippen LogP contribution in [0.5, 0.6) is 0 Å². The van der Waals surface area contributed by atoms with Crippen LogP contribution in [0.25, 0.3) is 0 Å². The molecule has 0 saturated carbocycles. The van der Waals surface area contributed by atoms with Crippen LogP contribution in [-0.2, 0) is 10.0 Å². The third kappa shape index (κ3) is 4.35. The van der Waals surface area contributed by atoms with Gasteiger partial charge < -0.3 is 9.80 Å². The molecule has 0 unspecified atom stereocenters. The van der Waals surface area contributed by atoms with E-state index in [1.807, 2.05) is 25.1 Å². The highest BCUT2D eigenvalue weighted by Crippen LogP contribution is 2.27. The molecule has 1 saturated heterocycles. The number of hydrogen-bond donors (Lipinski definition) is 1. The van der Waals surface area contributed by atoms with Crippen molar-refractivity contribution in [3.63, 3.8) is 0 Å². The quantitative estimate of drug-likeness (QED) is 0.720. The van der Waals surface area contributed by atoms with Crippen LogP contribution in [0, 0.1) is 6.92 Å². The van der Waals surface area contributed by atoms with E-state index in [1.165, 1.54) is 19.2 Å². The van der Waals surface area contributed by atoms with Crippen molar-refractivity contribution in [3.05, 3.63) is 57.0 Å². The summed E-state index contributed by atoms with van der Waals surface area (Å²) in [7, 11) is -2.27. The maximum atomic E-state index is 13.0. The standard InChI is InChI=1S/C19H21BrClN3O3S/c1-13-3-4-14(21)11-18(13)23-7-9-24(10-8-23)19(25)16-12-15(5-6-17(16)20)28(26,27)22-2/h3-6,11-12,22H,7-10H2,1-2H3. The molecule has 28 heavy (non-hydrogen) atoms. The Morgan fingerprint density at radius 2 is 1.79 bits per heavy atom. The molecule has 0 atom stereocenters. The van der Waals surface area contributed by atoms with Crippen molar-refractivity contribution < 1.29 is 13.2 Å². The van der Waals surface area contributed by atoms with E-state index in [-0.39, 0.29) is 10.8 Å². The molecule has 2 aromatic carbocycles. The fourth-order valence-electron chi connectivity index (χ4n) is 3.20. The summed E-state index contributed by atoms with van der Waals surface area (Å²) in [5, 5.41) is 0.686. The molecule has 1 heterocycles.